The van der Waals surface area contributed by atoms with Gasteiger partial charge in [-0.15, -0.1) is 0 Å². The Bertz CT molecular complexity index is 1120. The van der Waals surface area contributed by atoms with Crippen LogP contribution in [0.25, 0.3) is 0 Å². The van der Waals surface area contributed by atoms with E-state index in [9.17, 15) is 24.6 Å². The minimum absolute atomic E-state index is 0.00378. The van der Waals surface area contributed by atoms with E-state index in [4.69, 9.17) is 18.9 Å². The smallest absolute Gasteiger partial charge is 0.309 e. The first kappa shape index (κ1) is 22.6. The Hall–Kier alpha value is -1.39. The zero-order chi connectivity index (χ0) is 25.3. The summed E-state index contributed by atoms with van der Waals surface area (Å²) in [5.41, 5.74) is -4.37. The molecule has 8 rings (SSSR count). The van der Waals surface area contributed by atoms with Crippen molar-refractivity contribution in [1.29, 1.82) is 0 Å². The highest BCUT2D eigenvalue weighted by atomic mass is 16.7. The largest absolute Gasteiger partial charge is 0.459 e. The van der Waals surface area contributed by atoms with E-state index in [0.29, 0.717) is 12.8 Å². The molecule has 0 aromatic rings. The van der Waals surface area contributed by atoms with Gasteiger partial charge in [0.2, 0.25) is 0 Å². The van der Waals surface area contributed by atoms with Crippen LogP contribution in [0.15, 0.2) is 0 Å². The molecule has 0 amide bonds. The van der Waals surface area contributed by atoms with Gasteiger partial charge in [0.15, 0.2) is 17.2 Å². The molecule has 4 aliphatic heterocycles. The van der Waals surface area contributed by atoms with Crippen molar-refractivity contribution in [2.75, 3.05) is 0 Å². The topological polar surface area (TPSA) is 129 Å². The van der Waals surface area contributed by atoms with Crippen molar-refractivity contribution >= 4 is 17.5 Å². The van der Waals surface area contributed by atoms with Crippen molar-refractivity contribution in [2.45, 2.75) is 101 Å². The van der Waals surface area contributed by atoms with Crippen LogP contribution in [0.3, 0.4) is 0 Å². The summed E-state index contributed by atoms with van der Waals surface area (Å²) < 4.78 is 25.2. The molecule has 8 aliphatic rings. The second kappa shape index (κ2) is 6.25. The number of esters is 1. The number of Topliss-reactive ketones (excluding diaryl/α,β-unsaturated/α-hetero) is 2. The van der Waals surface area contributed by atoms with Gasteiger partial charge < -0.3 is 29.2 Å². The third-order valence-electron chi connectivity index (χ3n) is 12.4. The van der Waals surface area contributed by atoms with E-state index < -0.39 is 46.8 Å². The fourth-order valence-corrected chi connectivity index (χ4v) is 10.5. The average Bonchev–Trinajstić information content (AvgIpc) is 3.48. The van der Waals surface area contributed by atoms with E-state index in [-0.39, 0.29) is 71.5 Å². The van der Waals surface area contributed by atoms with Gasteiger partial charge in [-0.05, 0) is 44.4 Å². The molecule has 2 N–H and O–H groups in total. The SMILES string of the molecule is C[C@H]1C(=O)OC(C2O[C@]34CC5C(C[C@H]6O[C@H]7CC(=O)[C@@]5(C)[C@@]6(O)C7=O)C5C[C@H](O3)C(C54)[C@@]2(C)O)[C@@H]1C. The van der Waals surface area contributed by atoms with Crippen LogP contribution in [0.5, 0.6) is 0 Å². The Labute approximate surface area is 209 Å². The summed E-state index contributed by atoms with van der Waals surface area (Å²) in [6.45, 7) is 7.32. The predicted octanol–water partition coefficient (Wildman–Crippen LogP) is 0.768. The first-order valence-corrected chi connectivity index (χ1v) is 13.6. The van der Waals surface area contributed by atoms with Gasteiger partial charge in [-0.1, -0.05) is 13.8 Å². The Kier molecular flexibility index (Phi) is 3.92. The second-order valence-corrected chi connectivity index (χ2v) is 13.5. The highest BCUT2D eigenvalue weighted by Crippen LogP contribution is 2.74. The maximum atomic E-state index is 13.6. The Balaban J connectivity index is 1.23. The zero-order valence-corrected chi connectivity index (χ0v) is 21.0. The molecule has 0 spiro atoms. The third kappa shape index (κ3) is 2.10. The maximum Gasteiger partial charge on any atom is 0.309 e. The summed E-state index contributed by atoms with van der Waals surface area (Å²) in [6.07, 6.45) is -1.50. The third-order valence-corrected chi connectivity index (χ3v) is 12.4. The number of carbonyl (C=O) groups excluding carboxylic acids is 3. The quantitative estimate of drug-likeness (QED) is 0.500. The van der Waals surface area contributed by atoms with E-state index in [2.05, 4.69) is 0 Å². The minimum Gasteiger partial charge on any atom is -0.459 e. The molecule has 6 bridgehead atoms. The summed E-state index contributed by atoms with van der Waals surface area (Å²) in [7, 11) is 0. The van der Waals surface area contributed by atoms with Crippen molar-refractivity contribution in [3.05, 3.63) is 0 Å². The van der Waals surface area contributed by atoms with E-state index in [1.807, 2.05) is 13.8 Å². The van der Waals surface area contributed by atoms with Crippen molar-refractivity contribution in [3.8, 4) is 0 Å². The molecule has 16 atom stereocenters. The fourth-order valence-electron chi connectivity index (χ4n) is 10.5. The first-order valence-electron chi connectivity index (χ1n) is 13.6. The highest BCUT2D eigenvalue weighted by Gasteiger charge is 2.83. The van der Waals surface area contributed by atoms with Gasteiger partial charge in [0, 0.05) is 30.6 Å². The zero-order valence-electron chi connectivity index (χ0n) is 21.0. The standard InChI is InChI=1S/C27H34O9/c1-9-10(2)23(30)34-20(9)22-25(4,31)19-14-5-12-11-6-17-27(32)21(29)15(33-17)7-16(28)24(27,3)13(11)8-26(35-14,36-22)18(12)19/h9-15,17-20,22,31-32H,5-8H2,1-4H3/t9-,10-,11?,12?,13?,14+,15+,17-,18?,19?,20?,22?,24+,25-,26+,27+/m1/s1. The molecule has 4 heterocycles. The summed E-state index contributed by atoms with van der Waals surface area (Å²) in [6, 6.07) is 0. The summed E-state index contributed by atoms with van der Waals surface area (Å²) in [4.78, 5) is 39.2. The van der Waals surface area contributed by atoms with Crippen LogP contribution in [0.2, 0.25) is 0 Å². The van der Waals surface area contributed by atoms with Crippen LogP contribution in [0.4, 0.5) is 0 Å². The lowest BCUT2D eigenvalue weighted by Gasteiger charge is -2.64. The average molecular weight is 503 g/mol. The Morgan fingerprint density at radius 3 is 2.42 bits per heavy atom. The van der Waals surface area contributed by atoms with Gasteiger partial charge >= 0.3 is 5.97 Å². The highest BCUT2D eigenvalue weighted by molar-refractivity contribution is 6.08. The van der Waals surface area contributed by atoms with Crippen LogP contribution in [-0.4, -0.2) is 75.3 Å². The molecule has 4 saturated heterocycles. The van der Waals surface area contributed by atoms with Gasteiger partial charge in [-0.25, -0.2) is 0 Å². The van der Waals surface area contributed by atoms with E-state index >= 15 is 0 Å². The molecule has 8 fully saturated rings. The van der Waals surface area contributed by atoms with Crippen LogP contribution >= 0.6 is 0 Å². The lowest BCUT2D eigenvalue weighted by atomic mass is 9.43. The number of aliphatic hydroxyl groups is 2. The fraction of sp³-hybridized carbons (Fsp3) is 0.889. The first-order chi connectivity index (χ1) is 16.9. The van der Waals surface area contributed by atoms with Crippen molar-refractivity contribution in [2.24, 2.45) is 46.8 Å². The summed E-state index contributed by atoms with van der Waals surface area (Å²) >= 11 is 0. The Morgan fingerprint density at radius 2 is 1.72 bits per heavy atom. The molecular weight excluding hydrogens is 468 g/mol. The number of ketones is 2. The molecule has 0 aromatic heterocycles. The van der Waals surface area contributed by atoms with Crippen LogP contribution in [-0.2, 0) is 33.3 Å². The van der Waals surface area contributed by atoms with Crippen LogP contribution < -0.4 is 0 Å². The van der Waals surface area contributed by atoms with Crippen LogP contribution in [0, 0.1) is 46.8 Å². The Morgan fingerprint density at radius 1 is 0.972 bits per heavy atom. The van der Waals surface area contributed by atoms with E-state index in [0.717, 1.165) is 6.42 Å². The number of fused-ring (bicyclic) bond motifs is 4. The van der Waals surface area contributed by atoms with Crippen LogP contribution in [0.1, 0.15) is 53.4 Å². The second-order valence-electron chi connectivity index (χ2n) is 13.5. The number of hydrogen-bond donors (Lipinski definition) is 2. The minimum atomic E-state index is -1.83. The number of carbonyl (C=O) groups is 3. The monoisotopic (exact) mass is 502 g/mol. The van der Waals surface area contributed by atoms with Crippen molar-refractivity contribution in [3.63, 3.8) is 0 Å². The van der Waals surface area contributed by atoms with Gasteiger partial charge in [0.1, 0.15) is 24.1 Å². The number of rotatable bonds is 1. The van der Waals surface area contributed by atoms with Gasteiger partial charge in [0.25, 0.3) is 0 Å². The molecule has 9 nitrogen and oxygen atoms in total. The van der Waals surface area contributed by atoms with Crippen molar-refractivity contribution in [1.82, 2.24) is 0 Å². The number of cyclic esters (lactones) is 1. The van der Waals surface area contributed by atoms with Gasteiger partial charge in [-0.3, -0.25) is 14.4 Å². The van der Waals surface area contributed by atoms with E-state index in [1.165, 1.54) is 0 Å². The lowest BCUT2D eigenvalue weighted by molar-refractivity contribution is -0.369. The molecular formula is C27H34O9. The predicted molar refractivity (Wildman–Crippen MR) is 119 cm³/mol. The van der Waals surface area contributed by atoms with E-state index in [1.54, 1.807) is 13.8 Å². The molecule has 0 radical (unpaired) electrons. The summed E-state index contributed by atoms with van der Waals surface area (Å²) in [5.74, 6) is -2.64. The van der Waals surface area contributed by atoms with Gasteiger partial charge in [-0.2, -0.15) is 0 Å². The number of hydrogen-bond acceptors (Lipinski definition) is 9. The molecule has 4 saturated carbocycles. The molecule has 4 aliphatic carbocycles. The summed E-state index contributed by atoms with van der Waals surface area (Å²) in [5, 5.41) is 23.8. The molecule has 9 heteroatoms. The maximum absolute atomic E-state index is 13.6. The molecule has 196 valence electrons. The molecule has 7 unspecified atom stereocenters. The van der Waals surface area contributed by atoms with Gasteiger partial charge in [0.05, 0.1) is 29.1 Å². The molecule has 36 heavy (non-hydrogen) atoms. The molecule has 0 aromatic carbocycles. The van der Waals surface area contributed by atoms with Crippen molar-refractivity contribution < 1.29 is 43.5 Å². The lowest BCUT2D eigenvalue weighted by Crippen LogP contribution is -2.74. The number of ether oxygens (including phenoxy) is 4. The normalized spacial score (nSPS) is 66.1.